The highest BCUT2D eigenvalue weighted by molar-refractivity contribution is 6.46. The van der Waals surface area contributed by atoms with Gasteiger partial charge in [0.1, 0.15) is 17.3 Å². The van der Waals surface area contributed by atoms with Crippen LogP contribution in [0.25, 0.3) is 5.76 Å². The summed E-state index contributed by atoms with van der Waals surface area (Å²) in [5, 5.41) is 11.3. The number of aliphatic hydroxyl groups excluding tert-OH is 1. The van der Waals surface area contributed by atoms with E-state index in [1.54, 1.807) is 31.4 Å². The van der Waals surface area contributed by atoms with Crippen molar-refractivity contribution in [3.05, 3.63) is 95.1 Å². The van der Waals surface area contributed by atoms with Crippen LogP contribution in [0.3, 0.4) is 0 Å². The number of hydrogen-bond acceptors (Lipinski definition) is 6. The minimum Gasteiger partial charge on any atom is -0.507 e. The van der Waals surface area contributed by atoms with E-state index >= 15 is 0 Å². The number of Topliss-reactive ketones (excluding diaryl/α,β-unsaturated/α-hetero) is 1. The van der Waals surface area contributed by atoms with Crippen molar-refractivity contribution in [2.45, 2.75) is 25.9 Å². The molecule has 1 amide bonds. The lowest BCUT2D eigenvalue weighted by Gasteiger charge is -2.26. The van der Waals surface area contributed by atoms with Crippen LogP contribution < -0.4 is 14.4 Å². The third kappa shape index (κ3) is 5.45. The first-order valence-corrected chi connectivity index (χ1v) is 12.3. The number of ether oxygens (including phenoxy) is 2. The van der Waals surface area contributed by atoms with Crippen molar-refractivity contribution in [3.8, 4) is 11.5 Å². The number of hydrogen-bond donors (Lipinski definition) is 1. The summed E-state index contributed by atoms with van der Waals surface area (Å²) in [4.78, 5) is 30.1. The predicted octanol–water partition coefficient (Wildman–Crippen LogP) is 5.17. The Morgan fingerprint density at radius 2 is 1.54 bits per heavy atom. The first-order chi connectivity index (χ1) is 17.8. The fourth-order valence-electron chi connectivity index (χ4n) is 4.36. The molecule has 1 aliphatic rings. The molecule has 7 nitrogen and oxygen atoms in total. The number of nitrogens with zero attached hydrogens (tertiary/aromatic N) is 2. The number of carbonyl (C=O) groups is 2. The molecular weight excluding hydrogens is 468 g/mol. The molecule has 1 heterocycles. The van der Waals surface area contributed by atoms with Crippen molar-refractivity contribution in [1.82, 2.24) is 4.90 Å². The van der Waals surface area contributed by atoms with E-state index in [4.69, 9.17) is 9.47 Å². The zero-order valence-corrected chi connectivity index (χ0v) is 21.6. The molecule has 7 heteroatoms. The van der Waals surface area contributed by atoms with Gasteiger partial charge in [-0.2, -0.15) is 0 Å². The number of rotatable bonds is 9. The first kappa shape index (κ1) is 25.8. The molecule has 1 fully saturated rings. The van der Waals surface area contributed by atoms with Crippen LogP contribution in [-0.2, 0) is 16.1 Å². The van der Waals surface area contributed by atoms with Gasteiger partial charge in [-0.05, 0) is 66.1 Å². The molecule has 1 atom stereocenters. The van der Waals surface area contributed by atoms with Crippen LogP contribution in [0.5, 0.6) is 11.5 Å². The van der Waals surface area contributed by atoms with Gasteiger partial charge in [-0.1, -0.05) is 31.2 Å². The fraction of sp³-hybridized carbons (Fsp3) is 0.267. The summed E-state index contributed by atoms with van der Waals surface area (Å²) < 4.78 is 10.9. The minimum absolute atomic E-state index is 0.0679. The van der Waals surface area contributed by atoms with E-state index < -0.39 is 17.7 Å². The molecular formula is C30H32N2O5. The van der Waals surface area contributed by atoms with Crippen LogP contribution in [-0.4, -0.2) is 49.5 Å². The smallest absolute Gasteiger partial charge is 0.295 e. The van der Waals surface area contributed by atoms with E-state index in [2.05, 4.69) is 0 Å². The maximum Gasteiger partial charge on any atom is 0.295 e. The van der Waals surface area contributed by atoms with Gasteiger partial charge in [-0.3, -0.25) is 9.59 Å². The van der Waals surface area contributed by atoms with Crippen molar-refractivity contribution < 1.29 is 24.2 Å². The first-order valence-electron chi connectivity index (χ1n) is 12.3. The molecule has 1 saturated heterocycles. The number of ketones is 1. The Kier molecular flexibility index (Phi) is 7.82. The third-order valence-corrected chi connectivity index (χ3v) is 6.38. The van der Waals surface area contributed by atoms with Gasteiger partial charge in [0.05, 0.1) is 25.3 Å². The largest absolute Gasteiger partial charge is 0.507 e. The maximum absolute atomic E-state index is 13.3. The second-order valence-corrected chi connectivity index (χ2v) is 9.13. The van der Waals surface area contributed by atoms with Gasteiger partial charge in [-0.25, -0.2) is 0 Å². The predicted molar refractivity (Wildman–Crippen MR) is 144 cm³/mol. The van der Waals surface area contributed by atoms with Gasteiger partial charge in [0.15, 0.2) is 0 Å². The van der Waals surface area contributed by atoms with Crippen LogP contribution >= 0.6 is 0 Å². The molecule has 0 radical (unpaired) electrons. The molecule has 1 aliphatic heterocycles. The Labute approximate surface area is 217 Å². The highest BCUT2D eigenvalue weighted by Gasteiger charge is 2.46. The Morgan fingerprint density at radius 3 is 2.11 bits per heavy atom. The van der Waals surface area contributed by atoms with Gasteiger partial charge in [0.2, 0.25) is 0 Å². The normalized spacial score (nSPS) is 16.6. The summed E-state index contributed by atoms with van der Waals surface area (Å²) in [6.07, 6.45) is 0.881. The number of benzene rings is 3. The van der Waals surface area contributed by atoms with E-state index in [-0.39, 0.29) is 17.9 Å². The standard InChI is InChI=1S/C30H32N2O5/c1-5-18-37-25-16-10-22(11-17-25)28(33)26-27(21-8-12-23(13-9-21)31(2)3)32(30(35)29(26)34)19-20-6-14-24(36-4)15-7-20/h6-17,27,33H,5,18-19H2,1-4H3/b28-26-. The number of carbonyl (C=O) groups excluding carboxylic acids is 2. The van der Waals surface area contributed by atoms with Crippen LogP contribution in [0.1, 0.15) is 36.1 Å². The summed E-state index contributed by atoms with van der Waals surface area (Å²) in [7, 11) is 5.48. The Morgan fingerprint density at radius 1 is 0.919 bits per heavy atom. The number of amides is 1. The van der Waals surface area contributed by atoms with Crippen LogP contribution in [0, 0.1) is 0 Å². The molecule has 0 saturated carbocycles. The lowest BCUT2D eigenvalue weighted by Crippen LogP contribution is -2.29. The molecule has 3 aromatic rings. The van der Waals surface area contributed by atoms with Crippen molar-refractivity contribution >= 4 is 23.1 Å². The average molecular weight is 501 g/mol. The average Bonchev–Trinajstić information content (AvgIpc) is 3.17. The lowest BCUT2D eigenvalue weighted by atomic mass is 9.95. The van der Waals surface area contributed by atoms with Gasteiger partial charge >= 0.3 is 0 Å². The zero-order chi connectivity index (χ0) is 26.5. The molecule has 0 aromatic heterocycles. The van der Waals surface area contributed by atoms with Crippen LogP contribution in [0.15, 0.2) is 78.4 Å². The van der Waals surface area contributed by atoms with E-state index in [9.17, 15) is 14.7 Å². The molecule has 0 bridgehead atoms. The quantitative estimate of drug-likeness (QED) is 0.248. The molecule has 192 valence electrons. The summed E-state index contributed by atoms with van der Waals surface area (Å²) >= 11 is 0. The SMILES string of the molecule is CCCOc1ccc(/C(O)=C2/C(=O)C(=O)N(Cc3ccc(OC)cc3)C2c2ccc(N(C)C)cc2)cc1. The van der Waals surface area contributed by atoms with Crippen molar-refractivity contribution in [2.75, 3.05) is 32.7 Å². The molecule has 1 N–H and O–H groups in total. The molecule has 0 aliphatic carbocycles. The Bertz CT molecular complexity index is 1280. The van der Waals surface area contributed by atoms with Crippen molar-refractivity contribution in [2.24, 2.45) is 0 Å². The van der Waals surface area contributed by atoms with Crippen molar-refractivity contribution in [1.29, 1.82) is 0 Å². The second-order valence-electron chi connectivity index (χ2n) is 9.13. The Hall–Kier alpha value is -4.26. The Balaban J connectivity index is 1.77. The lowest BCUT2D eigenvalue weighted by molar-refractivity contribution is -0.140. The van der Waals surface area contributed by atoms with Gasteiger partial charge in [-0.15, -0.1) is 0 Å². The second kappa shape index (κ2) is 11.2. The molecule has 0 spiro atoms. The summed E-state index contributed by atoms with van der Waals surface area (Å²) in [6, 6.07) is 21.2. The van der Waals surface area contributed by atoms with Gasteiger partial charge in [0.25, 0.3) is 11.7 Å². The van der Waals surface area contributed by atoms with E-state index in [0.29, 0.717) is 23.7 Å². The topological polar surface area (TPSA) is 79.3 Å². The molecule has 37 heavy (non-hydrogen) atoms. The van der Waals surface area contributed by atoms with Crippen molar-refractivity contribution in [3.63, 3.8) is 0 Å². The zero-order valence-electron chi connectivity index (χ0n) is 21.6. The molecule has 3 aromatic carbocycles. The number of likely N-dealkylation sites (tertiary alicyclic amines) is 1. The monoisotopic (exact) mass is 500 g/mol. The fourth-order valence-corrected chi connectivity index (χ4v) is 4.36. The highest BCUT2D eigenvalue weighted by atomic mass is 16.5. The minimum atomic E-state index is -0.741. The van der Waals surface area contributed by atoms with E-state index in [1.165, 1.54) is 4.90 Å². The third-order valence-electron chi connectivity index (χ3n) is 6.38. The number of methoxy groups -OCH3 is 1. The summed E-state index contributed by atoms with van der Waals surface area (Å²) in [5.74, 6) is -0.192. The maximum atomic E-state index is 13.3. The van der Waals surface area contributed by atoms with Gasteiger partial charge < -0.3 is 24.4 Å². The van der Waals surface area contributed by atoms with E-state index in [0.717, 1.165) is 23.2 Å². The number of aliphatic hydroxyl groups is 1. The van der Waals surface area contributed by atoms with Gasteiger partial charge in [0, 0.05) is 31.9 Å². The highest BCUT2D eigenvalue weighted by Crippen LogP contribution is 2.41. The van der Waals surface area contributed by atoms with Crippen LogP contribution in [0.4, 0.5) is 5.69 Å². The molecule has 4 rings (SSSR count). The summed E-state index contributed by atoms with van der Waals surface area (Å²) in [5.41, 5.74) is 3.08. The van der Waals surface area contributed by atoms with E-state index in [1.807, 2.05) is 74.4 Å². The molecule has 1 unspecified atom stereocenters. The summed E-state index contributed by atoms with van der Waals surface area (Å²) in [6.45, 7) is 2.82. The number of anilines is 1. The van der Waals surface area contributed by atoms with Crippen LogP contribution in [0.2, 0.25) is 0 Å².